The molecule has 3 amide bonds. The molecule has 0 unspecified atom stereocenters. The third kappa shape index (κ3) is 4.10. The maximum absolute atomic E-state index is 13.9. The third-order valence-corrected chi connectivity index (χ3v) is 6.64. The van der Waals surface area contributed by atoms with E-state index in [1.165, 1.54) is 12.1 Å². The van der Waals surface area contributed by atoms with Crippen LogP contribution in [0, 0.1) is 23.6 Å². The van der Waals surface area contributed by atoms with Crippen LogP contribution in [0.3, 0.4) is 0 Å². The van der Waals surface area contributed by atoms with Gasteiger partial charge in [0.15, 0.2) is 0 Å². The van der Waals surface area contributed by atoms with Gasteiger partial charge in [-0.3, -0.25) is 4.79 Å². The standard InChI is InChI=1S/C22H30FN3O3/c1-24(2)22(28)26-13-17-12-25(20(27)10-15-6-8-29-9-7-15)14-19(17)21(26)16-4-3-5-18(23)11-16/h3-5,11,15,17,19,21H,6-10,12-14H2,1-2H3/t17-,19-,21+/m1/s1. The predicted molar refractivity (Wildman–Crippen MR) is 107 cm³/mol. The van der Waals surface area contributed by atoms with Gasteiger partial charge in [-0.05, 0) is 36.5 Å². The Hall–Kier alpha value is -2.15. The van der Waals surface area contributed by atoms with Gasteiger partial charge in [0.1, 0.15) is 5.82 Å². The van der Waals surface area contributed by atoms with Crippen molar-refractivity contribution < 1.29 is 18.7 Å². The summed E-state index contributed by atoms with van der Waals surface area (Å²) in [7, 11) is 3.48. The summed E-state index contributed by atoms with van der Waals surface area (Å²) >= 11 is 0. The summed E-state index contributed by atoms with van der Waals surface area (Å²) in [6.45, 7) is 3.39. The van der Waals surface area contributed by atoms with Crippen LogP contribution in [0.5, 0.6) is 0 Å². The Morgan fingerprint density at radius 2 is 1.93 bits per heavy atom. The monoisotopic (exact) mass is 403 g/mol. The molecule has 29 heavy (non-hydrogen) atoms. The van der Waals surface area contributed by atoms with Crippen LogP contribution in [-0.2, 0) is 9.53 Å². The fourth-order valence-electron chi connectivity index (χ4n) is 5.15. The third-order valence-electron chi connectivity index (χ3n) is 6.64. The highest BCUT2D eigenvalue weighted by atomic mass is 19.1. The number of halogens is 1. The number of ether oxygens (including phenoxy) is 1. The van der Waals surface area contributed by atoms with Crippen LogP contribution in [0.4, 0.5) is 9.18 Å². The van der Waals surface area contributed by atoms with Gasteiger partial charge >= 0.3 is 6.03 Å². The molecule has 3 fully saturated rings. The summed E-state index contributed by atoms with van der Waals surface area (Å²) in [6.07, 6.45) is 2.47. The lowest BCUT2D eigenvalue weighted by molar-refractivity contribution is -0.132. The number of urea groups is 1. The molecule has 0 bridgehead atoms. The van der Waals surface area contributed by atoms with Crippen molar-refractivity contribution in [2.75, 3.05) is 46.9 Å². The van der Waals surface area contributed by atoms with E-state index in [0.29, 0.717) is 32.0 Å². The molecule has 0 aromatic heterocycles. The Morgan fingerprint density at radius 1 is 1.17 bits per heavy atom. The molecule has 7 heteroatoms. The minimum absolute atomic E-state index is 0.0613. The molecule has 0 saturated carbocycles. The van der Waals surface area contributed by atoms with Gasteiger partial charge in [-0.15, -0.1) is 0 Å². The zero-order valence-electron chi connectivity index (χ0n) is 17.2. The number of carbonyl (C=O) groups excluding carboxylic acids is 2. The minimum Gasteiger partial charge on any atom is -0.381 e. The number of amides is 3. The Labute approximate surface area is 171 Å². The van der Waals surface area contributed by atoms with Crippen molar-refractivity contribution in [3.05, 3.63) is 35.6 Å². The molecule has 0 spiro atoms. The van der Waals surface area contributed by atoms with E-state index in [2.05, 4.69) is 0 Å². The fraction of sp³-hybridized carbons (Fsp3) is 0.636. The number of carbonyl (C=O) groups is 2. The van der Waals surface area contributed by atoms with Gasteiger partial charge in [0.2, 0.25) is 5.91 Å². The molecule has 3 heterocycles. The van der Waals surface area contributed by atoms with Gasteiger partial charge in [-0.1, -0.05) is 12.1 Å². The summed E-state index contributed by atoms with van der Waals surface area (Å²) < 4.78 is 19.3. The smallest absolute Gasteiger partial charge is 0.320 e. The lowest BCUT2D eigenvalue weighted by Gasteiger charge is -2.32. The number of nitrogens with zero attached hydrogens (tertiary/aromatic N) is 3. The predicted octanol–water partition coefficient (Wildman–Crippen LogP) is 2.76. The second kappa shape index (κ2) is 8.30. The van der Waals surface area contributed by atoms with Crippen molar-refractivity contribution in [1.82, 2.24) is 14.7 Å². The van der Waals surface area contributed by atoms with Crippen molar-refractivity contribution in [3.8, 4) is 0 Å². The fourth-order valence-corrected chi connectivity index (χ4v) is 5.15. The van der Waals surface area contributed by atoms with E-state index >= 15 is 0 Å². The van der Waals surface area contributed by atoms with Gasteiger partial charge in [0.25, 0.3) is 0 Å². The van der Waals surface area contributed by atoms with Gasteiger partial charge in [0.05, 0.1) is 6.04 Å². The number of hydrogen-bond acceptors (Lipinski definition) is 3. The van der Waals surface area contributed by atoms with E-state index in [1.807, 2.05) is 15.9 Å². The molecule has 0 aliphatic carbocycles. The number of benzene rings is 1. The molecule has 3 atom stereocenters. The van der Waals surface area contributed by atoms with E-state index in [4.69, 9.17) is 4.74 Å². The normalized spacial score (nSPS) is 27.2. The van der Waals surface area contributed by atoms with E-state index < -0.39 is 0 Å². The first-order chi connectivity index (χ1) is 13.9. The van der Waals surface area contributed by atoms with Crippen molar-refractivity contribution in [1.29, 1.82) is 0 Å². The first-order valence-corrected chi connectivity index (χ1v) is 10.5. The quantitative estimate of drug-likeness (QED) is 0.780. The second-order valence-electron chi connectivity index (χ2n) is 8.81. The average molecular weight is 403 g/mol. The summed E-state index contributed by atoms with van der Waals surface area (Å²) in [5, 5.41) is 0. The molecular weight excluding hydrogens is 373 g/mol. The van der Waals surface area contributed by atoms with Crippen molar-refractivity contribution in [2.24, 2.45) is 17.8 Å². The van der Waals surface area contributed by atoms with Gasteiger partial charge < -0.3 is 19.4 Å². The van der Waals surface area contributed by atoms with Crippen molar-refractivity contribution >= 4 is 11.9 Å². The Balaban J connectivity index is 1.51. The molecule has 0 radical (unpaired) electrons. The van der Waals surface area contributed by atoms with Crippen molar-refractivity contribution in [3.63, 3.8) is 0 Å². The summed E-state index contributed by atoms with van der Waals surface area (Å²) in [6, 6.07) is 6.26. The summed E-state index contributed by atoms with van der Waals surface area (Å²) in [4.78, 5) is 31.1. The molecular formula is C22H30FN3O3. The molecule has 6 nitrogen and oxygen atoms in total. The van der Waals surface area contributed by atoms with Crippen LogP contribution in [-0.4, -0.2) is 73.6 Å². The molecule has 1 aromatic carbocycles. The highest BCUT2D eigenvalue weighted by Gasteiger charge is 2.50. The number of hydrogen-bond donors (Lipinski definition) is 0. The van der Waals surface area contributed by atoms with Crippen LogP contribution in [0.15, 0.2) is 24.3 Å². The lowest BCUT2D eigenvalue weighted by Crippen LogP contribution is -2.42. The Bertz CT molecular complexity index is 765. The molecule has 1 aromatic rings. The number of rotatable bonds is 3. The molecule has 3 aliphatic rings. The van der Waals surface area contributed by atoms with Gasteiger partial charge in [-0.2, -0.15) is 0 Å². The lowest BCUT2D eigenvalue weighted by atomic mass is 9.89. The van der Waals surface area contributed by atoms with Crippen LogP contribution in [0.2, 0.25) is 0 Å². The van der Waals surface area contributed by atoms with E-state index in [-0.39, 0.29) is 35.6 Å². The number of fused-ring (bicyclic) bond motifs is 1. The SMILES string of the molecule is CN(C)C(=O)N1C[C@H]2CN(C(=O)CC3CCOCC3)C[C@H]2[C@@H]1c1cccc(F)c1. The first kappa shape index (κ1) is 20.1. The topological polar surface area (TPSA) is 53.1 Å². The first-order valence-electron chi connectivity index (χ1n) is 10.5. The summed E-state index contributed by atoms with van der Waals surface area (Å²) in [5.41, 5.74) is 0.812. The molecule has 4 rings (SSSR count). The average Bonchev–Trinajstić information content (AvgIpc) is 3.26. The minimum atomic E-state index is -0.298. The van der Waals surface area contributed by atoms with Crippen molar-refractivity contribution in [2.45, 2.75) is 25.3 Å². The largest absolute Gasteiger partial charge is 0.381 e. The van der Waals surface area contributed by atoms with E-state index in [9.17, 15) is 14.0 Å². The van der Waals surface area contributed by atoms with Crippen LogP contribution < -0.4 is 0 Å². The van der Waals surface area contributed by atoms with Gasteiger partial charge in [-0.25, -0.2) is 9.18 Å². The zero-order valence-corrected chi connectivity index (χ0v) is 17.2. The highest BCUT2D eigenvalue weighted by molar-refractivity contribution is 5.77. The maximum Gasteiger partial charge on any atom is 0.320 e. The summed E-state index contributed by atoms with van der Waals surface area (Å²) in [5.74, 6) is 0.677. The van der Waals surface area contributed by atoms with Crippen LogP contribution in [0.25, 0.3) is 0 Å². The molecule has 3 aliphatic heterocycles. The van der Waals surface area contributed by atoms with Crippen LogP contribution >= 0.6 is 0 Å². The molecule has 158 valence electrons. The highest BCUT2D eigenvalue weighted by Crippen LogP contribution is 2.45. The van der Waals surface area contributed by atoms with E-state index in [0.717, 1.165) is 31.6 Å². The number of likely N-dealkylation sites (tertiary alicyclic amines) is 2. The molecule has 3 saturated heterocycles. The van der Waals surface area contributed by atoms with Gasteiger partial charge in [0, 0.05) is 65.2 Å². The van der Waals surface area contributed by atoms with E-state index in [1.54, 1.807) is 25.1 Å². The zero-order chi connectivity index (χ0) is 20.5. The Kier molecular flexibility index (Phi) is 5.76. The van der Waals surface area contributed by atoms with Crippen LogP contribution in [0.1, 0.15) is 30.9 Å². The second-order valence-corrected chi connectivity index (χ2v) is 8.81. The maximum atomic E-state index is 13.9. The Morgan fingerprint density at radius 3 is 2.62 bits per heavy atom. The molecule has 0 N–H and O–H groups in total.